The molecule has 8 N–H and O–H groups in total. The van der Waals surface area contributed by atoms with Crippen LogP contribution in [0.5, 0.6) is 11.5 Å². The summed E-state index contributed by atoms with van der Waals surface area (Å²) in [4.78, 5) is 55.1. The van der Waals surface area contributed by atoms with Gasteiger partial charge in [0.2, 0.25) is 0 Å². The maximum Gasteiger partial charge on any atom is 0.278 e. The van der Waals surface area contributed by atoms with Crippen LogP contribution < -0.4 is 31.6 Å². The van der Waals surface area contributed by atoms with Gasteiger partial charge in [0.1, 0.15) is 23.3 Å². The molecule has 0 atom stereocenters. The number of hydrogen-bond donors (Lipinski definition) is 6. The van der Waals surface area contributed by atoms with Gasteiger partial charge in [-0.05, 0) is 60.7 Å². The molecule has 20 nitrogen and oxygen atoms in total. The Morgan fingerprint density at radius 3 is 1.31 bits per heavy atom. The van der Waals surface area contributed by atoms with Gasteiger partial charge in [0.05, 0.1) is 48.6 Å². The van der Waals surface area contributed by atoms with E-state index in [1.165, 1.54) is 18.1 Å². The van der Waals surface area contributed by atoms with Crippen LogP contribution in [-0.2, 0) is 34.3 Å². The molecular formula is C40H44N8O12S2. The van der Waals surface area contributed by atoms with E-state index < -0.39 is 55.9 Å². The zero-order valence-electron chi connectivity index (χ0n) is 33.9. The highest BCUT2D eigenvalue weighted by Crippen LogP contribution is 2.40. The van der Waals surface area contributed by atoms with E-state index >= 15 is 0 Å². The lowest BCUT2D eigenvalue weighted by atomic mass is 10.0. The molecule has 0 saturated heterocycles. The SMILES string of the molecule is COc1ccc2c(c1)c1c3c(ccc1n2C)C(=O)N(C(CN)CN)C3=O.COc1ccc2c(c1)c1c3c(ccc1n2C)C(=O)N(C(CNCS(=O)(=O)O)CNCS(=O)(=O)O)C3=O. The standard InChI is InChI=1S/C21H24N4O9S2.C19H20N4O3/c1-24-16-5-3-13(34-2)7-15(16)18-17(24)6-4-14-19(18)21(27)25(20(14)26)12(8-22-10-35(28,29)30)9-23-11-36(31,32)33;1-22-14-5-3-11(26-2)7-13(14)16-15(22)6-4-12-17(16)19(25)23(18(12)24)10(8-20)9-21/h3-7,12,22-23H,8-11H2,1-2H3,(H,28,29,30)(H,31,32,33);3-7,10H,8-9,20-21H2,1-2H3. The van der Waals surface area contributed by atoms with Crippen molar-refractivity contribution in [1.29, 1.82) is 0 Å². The van der Waals surface area contributed by atoms with Crippen molar-refractivity contribution in [2.45, 2.75) is 12.1 Å². The fraction of sp³-hybridized carbons (Fsp3) is 0.300. The molecule has 4 amide bonds. The summed E-state index contributed by atoms with van der Waals surface area (Å²) in [6.07, 6.45) is 0. The van der Waals surface area contributed by atoms with Crippen LogP contribution in [0.3, 0.4) is 0 Å². The number of nitrogens with zero attached hydrogens (tertiary/aromatic N) is 4. The van der Waals surface area contributed by atoms with E-state index in [1.807, 2.05) is 53.6 Å². The van der Waals surface area contributed by atoms with Crippen molar-refractivity contribution < 1.29 is 54.6 Å². The van der Waals surface area contributed by atoms with E-state index in [0.717, 1.165) is 32.2 Å². The Balaban J connectivity index is 0.000000196. The Morgan fingerprint density at radius 1 is 0.581 bits per heavy atom. The number of aromatic nitrogens is 2. The van der Waals surface area contributed by atoms with Crippen molar-refractivity contribution in [2.24, 2.45) is 25.6 Å². The third-order valence-corrected chi connectivity index (χ3v) is 12.3. The van der Waals surface area contributed by atoms with Gasteiger partial charge in [-0.3, -0.25) is 48.7 Å². The Hall–Kier alpha value is -5.98. The first-order valence-corrected chi connectivity index (χ1v) is 22.2. The van der Waals surface area contributed by atoms with Gasteiger partial charge >= 0.3 is 0 Å². The first-order chi connectivity index (χ1) is 29.3. The predicted octanol–water partition coefficient (Wildman–Crippen LogP) is 1.40. The number of nitrogens with two attached hydrogens (primary N) is 2. The summed E-state index contributed by atoms with van der Waals surface area (Å²) in [6, 6.07) is 16.3. The second-order valence-electron chi connectivity index (χ2n) is 14.7. The fourth-order valence-electron chi connectivity index (χ4n) is 8.24. The fourth-order valence-corrected chi connectivity index (χ4v) is 8.99. The van der Waals surface area contributed by atoms with Crippen LogP contribution in [0.4, 0.5) is 0 Å². The predicted molar refractivity (Wildman–Crippen MR) is 229 cm³/mol. The number of nitrogens with one attached hydrogen (secondary N) is 2. The Labute approximate surface area is 354 Å². The van der Waals surface area contributed by atoms with Gasteiger partial charge in [-0.1, -0.05) is 0 Å². The van der Waals surface area contributed by atoms with Crippen molar-refractivity contribution in [2.75, 3.05) is 52.2 Å². The van der Waals surface area contributed by atoms with Crippen LogP contribution in [0.15, 0.2) is 60.7 Å². The largest absolute Gasteiger partial charge is 0.497 e. The number of benzene rings is 4. The average molecular weight is 893 g/mol. The number of ether oxygens (including phenoxy) is 2. The number of carbonyl (C=O) groups is 4. The van der Waals surface area contributed by atoms with Crippen LogP contribution in [0.2, 0.25) is 0 Å². The summed E-state index contributed by atoms with van der Waals surface area (Å²) in [5.74, 6) is -2.43. The number of imide groups is 2. The van der Waals surface area contributed by atoms with E-state index in [-0.39, 0.29) is 49.1 Å². The number of aryl methyl sites for hydroxylation is 2. The lowest BCUT2D eigenvalue weighted by Crippen LogP contribution is -2.51. The third-order valence-electron chi connectivity index (χ3n) is 11.1. The molecule has 8 rings (SSSR count). The molecule has 62 heavy (non-hydrogen) atoms. The lowest BCUT2D eigenvalue weighted by Gasteiger charge is -2.26. The van der Waals surface area contributed by atoms with Crippen LogP contribution in [0.1, 0.15) is 41.4 Å². The van der Waals surface area contributed by atoms with E-state index in [2.05, 4.69) is 10.6 Å². The highest BCUT2D eigenvalue weighted by atomic mass is 32.2. The van der Waals surface area contributed by atoms with Gasteiger partial charge < -0.3 is 30.1 Å². The van der Waals surface area contributed by atoms with E-state index in [1.54, 1.807) is 31.4 Å². The minimum absolute atomic E-state index is 0.133. The first kappa shape index (κ1) is 44.1. The van der Waals surface area contributed by atoms with Gasteiger partial charge in [0.25, 0.3) is 43.9 Å². The third kappa shape index (κ3) is 7.75. The number of hydrogen-bond acceptors (Lipinski definition) is 14. The molecule has 0 aliphatic carbocycles. The molecule has 2 aromatic heterocycles. The van der Waals surface area contributed by atoms with Crippen molar-refractivity contribution in [3.63, 3.8) is 0 Å². The lowest BCUT2D eigenvalue weighted by molar-refractivity contribution is 0.0573. The molecule has 4 heterocycles. The van der Waals surface area contributed by atoms with Gasteiger partial charge in [-0.25, -0.2) is 0 Å². The zero-order chi connectivity index (χ0) is 45.0. The van der Waals surface area contributed by atoms with E-state index in [0.29, 0.717) is 38.9 Å². The number of amides is 4. The van der Waals surface area contributed by atoms with Gasteiger partial charge in [0, 0.05) is 83.9 Å². The molecule has 0 radical (unpaired) electrons. The summed E-state index contributed by atoms with van der Waals surface area (Å²) < 4.78 is 77.0. The Kier molecular flexibility index (Phi) is 11.9. The normalized spacial score (nSPS) is 14.3. The van der Waals surface area contributed by atoms with Crippen molar-refractivity contribution >= 4 is 87.5 Å². The van der Waals surface area contributed by atoms with Gasteiger partial charge in [0.15, 0.2) is 0 Å². The molecule has 0 unspecified atom stereocenters. The summed E-state index contributed by atoms with van der Waals surface area (Å²) in [7, 11) is -1.92. The number of methoxy groups -OCH3 is 2. The zero-order valence-corrected chi connectivity index (χ0v) is 35.5. The summed E-state index contributed by atoms with van der Waals surface area (Å²) in [5, 5.41) is 7.76. The first-order valence-electron chi connectivity index (χ1n) is 19.0. The summed E-state index contributed by atoms with van der Waals surface area (Å²) in [6.45, 7) is -0.296. The number of rotatable bonds is 14. The van der Waals surface area contributed by atoms with Crippen molar-refractivity contribution in [1.82, 2.24) is 29.6 Å². The topological polar surface area (TPSA) is 288 Å². The molecule has 0 spiro atoms. The molecular weight excluding hydrogens is 849 g/mol. The van der Waals surface area contributed by atoms with Crippen LogP contribution in [0, 0.1) is 0 Å². The van der Waals surface area contributed by atoms with Gasteiger partial charge in [-0.15, -0.1) is 0 Å². The molecule has 2 aliphatic heterocycles. The molecule has 0 bridgehead atoms. The Morgan fingerprint density at radius 2 is 0.952 bits per heavy atom. The quantitative estimate of drug-likeness (QED) is 0.0666. The minimum atomic E-state index is -4.40. The number of carbonyl (C=O) groups excluding carboxylic acids is 4. The molecule has 0 fully saturated rings. The van der Waals surface area contributed by atoms with Crippen LogP contribution in [-0.4, -0.2) is 133 Å². The maximum absolute atomic E-state index is 13.7. The van der Waals surface area contributed by atoms with E-state index in [9.17, 15) is 36.0 Å². The second-order valence-corrected chi connectivity index (χ2v) is 17.7. The molecule has 6 aromatic rings. The minimum Gasteiger partial charge on any atom is -0.497 e. The average Bonchev–Trinajstić information content (AvgIpc) is 3.87. The Bertz CT molecular complexity index is 3030. The highest BCUT2D eigenvalue weighted by Gasteiger charge is 2.43. The summed E-state index contributed by atoms with van der Waals surface area (Å²) in [5.41, 5.74) is 15.9. The van der Waals surface area contributed by atoms with Crippen molar-refractivity contribution in [3.05, 3.63) is 82.9 Å². The molecule has 2 aliphatic rings. The molecule has 4 aromatic carbocycles. The molecule has 328 valence electrons. The monoisotopic (exact) mass is 892 g/mol. The smallest absolute Gasteiger partial charge is 0.278 e. The van der Waals surface area contributed by atoms with Crippen LogP contribution >= 0.6 is 0 Å². The van der Waals surface area contributed by atoms with Gasteiger partial charge in [-0.2, -0.15) is 16.8 Å². The van der Waals surface area contributed by atoms with Crippen molar-refractivity contribution in [3.8, 4) is 11.5 Å². The summed E-state index contributed by atoms with van der Waals surface area (Å²) >= 11 is 0. The second kappa shape index (κ2) is 16.7. The molecule has 22 heteroatoms. The molecule has 0 saturated carbocycles. The van der Waals surface area contributed by atoms with Crippen LogP contribution in [0.25, 0.3) is 43.6 Å². The highest BCUT2D eigenvalue weighted by molar-refractivity contribution is 7.85. The van der Waals surface area contributed by atoms with E-state index in [4.69, 9.17) is 30.0 Å². The maximum atomic E-state index is 13.7. The number of fused-ring (bicyclic) bond motifs is 10.